The number of carbonyl (C=O) groups excluding carboxylic acids is 2. The molecule has 24 heavy (non-hydrogen) atoms. The molecule has 0 unspecified atom stereocenters. The molecule has 1 aromatic carbocycles. The molecule has 0 bridgehead atoms. The minimum atomic E-state index is -0.496. The van der Waals surface area contributed by atoms with Crippen LogP contribution in [0.15, 0.2) is 24.3 Å². The van der Waals surface area contributed by atoms with Gasteiger partial charge in [0.1, 0.15) is 11.6 Å². The first-order valence-electron chi connectivity index (χ1n) is 8.98. The van der Waals surface area contributed by atoms with Crippen molar-refractivity contribution < 1.29 is 14.3 Å². The summed E-state index contributed by atoms with van der Waals surface area (Å²) in [5, 5.41) is 0. The molecule has 126 valence electrons. The highest BCUT2D eigenvalue weighted by Crippen LogP contribution is 2.59. The molecule has 3 fully saturated rings. The Hall–Kier alpha value is -1.88. The second-order valence-electron chi connectivity index (χ2n) is 7.53. The van der Waals surface area contributed by atoms with E-state index in [9.17, 15) is 9.59 Å². The number of rotatable bonds is 1. The first-order valence-corrected chi connectivity index (χ1v) is 8.98. The van der Waals surface area contributed by atoms with Crippen LogP contribution in [0.5, 0.6) is 0 Å². The molecule has 5 nitrogen and oxygen atoms in total. The lowest BCUT2D eigenvalue weighted by Crippen LogP contribution is -2.55. The van der Waals surface area contributed by atoms with Crippen LogP contribution < -0.4 is 4.90 Å². The van der Waals surface area contributed by atoms with Crippen molar-refractivity contribution >= 4 is 17.6 Å². The van der Waals surface area contributed by atoms with Gasteiger partial charge in [-0.15, -0.1) is 0 Å². The van der Waals surface area contributed by atoms with Gasteiger partial charge in [0.15, 0.2) is 0 Å². The molecular formula is C19H22N2O3. The molecule has 0 aromatic heterocycles. The smallest absolute Gasteiger partial charge is 0.323 e. The molecule has 1 saturated carbocycles. The molecule has 1 aromatic rings. The van der Waals surface area contributed by atoms with Gasteiger partial charge in [-0.25, -0.2) is 0 Å². The molecule has 1 aliphatic carbocycles. The van der Waals surface area contributed by atoms with E-state index < -0.39 is 5.54 Å². The highest BCUT2D eigenvalue weighted by molar-refractivity contribution is 6.06. The van der Waals surface area contributed by atoms with Crippen LogP contribution in [0.25, 0.3) is 0 Å². The van der Waals surface area contributed by atoms with Gasteiger partial charge in [0, 0.05) is 11.6 Å². The lowest BCUT2D eigenvalue weighted by molar-refractivity contribution is -0.149. The summed E-state index contributed by atoms with van der Waals surface area (Å²) in [4.78, 5) is 30.2. The summed E-state index contributed by atoms with van der Waals surface area (Å²) in [6.07, 6.45) is 5.77. The lowest BCUT2D eigenvalue weighted by atomic mass is 9.80. The molecule has 5 heteroatoms. The second-order valence-corrected chi connectivity index (χ2v) is 7.53. The number of esters is 1. The fraction of sp³-hybridized carbons (Fsp3) is 0.579. The number of ether oxygens (including phenoxy) is 1. The Morgan fingerprint density at radius 2 is 1.96 bits per heavy atom. The molecular weight excluding hydrogens is 304 g/mol. The number of anilines is 1. The largest absolute Gasteiger partial charge is 0.468 e. The Labute approximate surface area is 141 Å². The molecule has 1 amide bonds. The number of fused-ring (bicyclic) bond motifs is 4. The van der Waals surface area contributed by atoms with Gasteiger partial charge in [0.2, 0.25) is 5.91 Å². The van der Waals surface area contributed by atoms with Gasteiger partial charge in [-0.1, -0.05) is 37.5 Å². The van der Waals surface area contributed by atoms with Crippen molar-refractivity contribution in [1.82, 2.24) is 4.90 Å². The zero-order chi connectivity index (χ0) is 16.5. The Kier molecular flexibility index (Phi) is 2.90. The number of hydrogen-bond donors (Lipinski definition) is 0. The number of benzene rings is 1. The fourth-order valence-corrected chi connectivity index (χ4v) is 5.68. The number of methoxy groups -OCH3 is 1. The summed E-state index contributed by atoms with van der Waals surface area (Å²) in [5.74, 6) is 0.229. The zero-order valence-electron chi connectivity index (χ0n) is 13.9. The summed E-state index contributed by atoms with van der Waals surface area (Å²) in [5.41, 5.74) is 1.76. The third-order valence-corrected chi connectivity index (χ3v) is 6.58. The molecule has 1 spiro atoms. The van der Waals surface area contributed by atoms with Crippen molar-refractivity contribution in [2.75, 3.05) is 12.0 Å². The summed E-state index contributed by atoms with van der Waals surface area (Å²) < 4.78 is 5.10. The maximum Gasteiger partial charge on any atom is 0.323 e. The van der Waals surface area contributed by atoms with Crippen LogP contribution in [0, 0.1) is 0 Å². The Morgan fingerprint density at radius 1 is 1.21 bits per heavy atom. The van der Waals surface area contributed by atoms with E-state index in [2.05, 4.69) is 17.0 Å². The second kappa shape index (κ2) is 4.82. The molecule has 4 aliphatic rings. The van der Waals surface area contributed by atoms with Crippen LogP contribution in [0.2, 0.25) is 0 Å². The highest BCUT2D eigenvalue weighted by atomic mass is 16.5. The molecule has 3 aliphatic heterocycles. The number of carbonyl (C=O) groups is 2. The van der Waals surface area contributed by atoms with Crippen molar-refractivity contribution in [3.05, 3.63) is 29.8 Å². The molecule has 3 atom stereocenters. The summed E-state index contributed by atoms with van der Waals surface area (Å²) in [6, 6.07) is 7.89. The maximum absolute atomic E-state index is 13.5. The number of amides is 1. The monoisotopic (exact) mass is 326 g/mol. The van der Waals surface area contributed by atoms with Crippen molar-refractivity contribution in [3.63, 3.8) is 0 Å². The van der Waals surface area contributed by atoms with E-state index in [0.29, 0.717) is 0 Å². The first kappa shape index (κ1) is 14.5. The Balaban J connectivity index is 1.68. The van der Waals surface area contributed by atoms with E-state index in [-0.39, 0.29) is 30.0 Å². The average molecular weight is 326 g/mol. The predicted octanol–water partition coefficient (Wildman–Crippen LogP) is 2.41. The standard InChI is InChI=1S/C19H22N2O3/c1-24-17(22)15-11-13-12-7-3-4-8-14(12)20-16(13)21(15)19(18(20)23)9-5-2-6-10-19/h3-4,7-8,13,15-16H,2,5-6,9-11H2,1H3/t13-,15-,16-/m0/s1. The third-order valence-electron chi connectivity index (χ3n) is 6.58. The van der Waals surface area contributed by atoms with E-state index in [1.165, 1.54) is 19.1 Å². The van der Waals surface area contributed by atoms with E-state index in [1.807, 2.05) is 17.0 Å². The Morgan fingerprint density at radius 3 is 2.71 bits per heavy atom. The van der Waals surface area contributed by atoms with Crippen LogP contribution in [-0.4, -0.2) is 41.6 Å². The molecule has 0 N–H and O–H groups in total. The van der Waals surface area contributed by atoms with Crippen LogP contribution >= 0.6 is 0 Å². The maximum atomic E-state index is 13.5. The van der Waals surface area contributed by atoms with Crippen molar-refractivity contribution in [3.8, 4) is 0 Å². The van der Waals surface area contributed by atoms with Crippen molar-refractivity contribution in [2.45, 2.75) is 62.2 Å². The SMILES string of the molecule is COC(=O)[C@@H]1C[C@H]2c3ccccc3N3C(=O)C4(CCCCC4)N1[C@@H]23. The van der Waals surface area contributed by atoms with Gasteiger partial charge in [-0.2, -0.15) is 0 Å². The predicted molar refractivity (Wildman–Crippen MR) is 88.5 cm³/mol. The molecule has 5 rings (SSSR count). The summed E-state index contributed by atoms with van der Waals surface area (Å²) in [6.45, 7) is 0. The summed E-state index contributed by atoms with van der Waals surface area (Å²) >= 11 is 0. The quantitative estimate of drug-likeness (QED) is 0.744. The van der Waals surface area contributed by atoms with E-state index >= 15 is 0 Å². The van der Waals surface area contributed by atoms with Gasteiger partial charge < -0.3 is 4.74 Å². The minimum Gasteiger partial charge on any atom is -0.468 e. The van der Waals surface area contributed by atoms with E-state index in [4.69, 9.17) is 4.74 Å². The number of nitrogens with zero attached hydrogens (tertiary/aromatic N) is 2. The van der Waals surface area contributed by atoms with Gasteiger partial charge in [0.05, 0.1) is 13.3 Å². The van der Waals surface area contributed by atoms with Crippen LogP contribution in [0.4, 0.5) is 5.69 Å². The fourth-order valence-electron chi connectivity index (χ4n) is 5.68. The first-order chi connectivity index (χ1) is 11.7. The minimum absolute atomic E-state index is 0.00269. The van der Waals surface area contributed by atoms with Crippen molar-refractivity contribution in [2.24, 2.45) is 0 Å². The van der Waals surface area contributed by atoms with Crippen LogP contribution in [0.3, 0.4) is 0 Å². The average Bonchev–Trinajstić information content (AvgIpc) is 3.22. The lowest BCUT2D eigenvalue weighted by Gasteiger charge is -2.40. The van der Waals surface area contributed by atoms with E-state index in [1.54, 1.807) is 0 Å². The van der Waals surface area contributed by atoms with Crippen molar-refractivity contribution in [1.29, 1.82) is 0 Å². The summed E-state index contributed by atoms with van der Waals surface area (Å²) in [7, 11) is 1.45. The van der Waals surface area contributed by atoms with E-state index in [0.717, 1.165) is 37.8 Å². The van der Waals surface area contributed by atoms with Crippen LogP contribution in [-0.2, 0) is 14.3 Å². The molecule has 0 radical (unpaired) electrons. The van der Waals surface area contributed by atoms with Gasteiger partial charge in [-0.05, 0) is 30.9 Å². The van der Waals surface area contributed by atoms with Crippen LogP contribution in [0.1, 0.15) is 50.0 Å². The van der Waals surface area contributed by atoms with Gasteiger partial charge in [0.25, 0.3) is 0 Å². The molecule has 3 heterocycles. The normalized spacial score (nSPS) is 33.0. The Bertz CT molecular complexity index is 725. The van der Waals surface area contributed by atoms with Gasteiger partial charge >= 0.3 is 5.97 Å². The highest BCUT2D eigenvalue weighted by Gasteiger charge is 2.68. The topological polar surface area (TPSA) is 49.9 Å². The third kappa shape index (κ3) is 1.54. The zero-order valence-corrected chi connectivity index (χ0v) is 13.9. The number of para-hydroxylation sites is 1. The number of hydrogen-bond acceptors (Lipinski definition) is 4. The molecule has 2 saturated heterocycles. The van der Waals surface area contributed by atoms with Gasteiger partial charge in [-0.3, -0.25) is 19.4 Å².